The third kappa shape index (κ3) is 4.00. The van der Waals surface area contributed by atoms with E-state index < -0.39 is 0 Å². The molecule has 0 spiro atoms. The Bertz CT molecular complexity index is 970. The first-order valence-electron chi connectivity index (χ1n) is 8.74. The summed E-state index contributed by atoms with van der Waals surface area (Å²) in [6.07, 6.45) is 3.90. The zero-order valence-corrected chi connectivity index (χ0v) is 15.7. The lowest BCUT2D eigenvalue weighted by Gasteiger charge is -2.15. The molecular weight excluding hydrogens is 369 g/mol. The van der Waals surface area contributed by atoms with Gasteiger partial charge in [0.1, 0.15) is 10.8 Å². The number of halogens is 2. The number of pyridine rings is 1. The van der Waals surface area contributed by atoms with Crippen LogP contribution in [0.3, 0.4) is 0 Å². The highest BCUT2D eigenvalue weighted by Gasteiger charge is 2.25. The van der Waals surface area contributed by atoms with E-state index in [2.05, 4.69) is 35.8 Å². The predicted octanol–water partition coefficient (Wildman–Crippen LogP) is 4.49. The first-order chi connectivity index (χ1) is 13.0. The molecule has 1 saturated carbocycles. The van der Waals surface area contributed by atoms with Crippen LogP contribution in [0.2, 0.25) is 5.02 Å². The number of aryl methyl sites for hydroxylation is 1. The van der Waals surface area contributed by atoms with E-state index in [1.54, 1.807) is 13.0 Å². The van der Waals surface area contributed by atoms with E-state index in [4.69, 9.17) is 11.6 Å². The average molecular weight is 388 g/mol. The number of aromatic nitrogens is 5. The van der Waals surface area contributed by atoms with Gasteiger partial charge in [0.05, 0.1) is 23.6 Å². The molecule has 7 nitrogen and oxygen atoms in total. The van der Waals surface area contributed by atoms with Gasteiger partial charge >= 0.3 is 0 Å². The Labute approximate surface area is 160 Å². The molecule has 1 fully saturated rings. The molecule has 3 heterocycles. The summed E-state index contributed by atoms with van der Waals surface area (Å²) >= 11 is 6.21. The van der Waals surface area contributed by atoms with Crippen molar-refractivity contribution in [2.45, 2.75) is 38.6 Å². The van der Waals surface area contributed by atoms with E-state index >= 15 is 0 Å². The molecule has 0 bridgehead atoms. The van der Waals surface area contributed by atoms with Crippen molar-refractivity contribution in [3.63, 3.8) is 0 Å². The lowest BCUT2D eigenvalue weighted by atomic mass is 10.2. The summed E-state index contributed by atoms with van der Waals surface area (Å²) in [5, 5.41) is 13.9. The number of nitrogens with one attached hydrogen (secondary N) is 3. The van der Waals surface area contributed by atoms with Crippen molar-refractivity contribution < 1.29 is 4.39 Å². The standard InChI is InChI=1S/C18H19ClFN7/c1-9-13(20)5-6-14(22-9)10(2)23-18-21-8-12(19)17(25-18)24-16-7-15(26-27-16)11-3-4-11/h5-8,10-11H,3-4H2,1-2H3,(H3,21,23,24,25,26,27). The summed E-state index contributed by atoms with van der Waals surface area (Å²) in [4.78, 5) is 12.9. The number of anilines is 3. The van der Waals surface area contributed by atoms with Gasteiger partial charge in [0.25, 0.3) is 0 Å². The second kappa shape index (κ2) is 7.11. The summed E-state index contributed by atoms with van der Waals surface area (Å²) < 4.78 is 13.4. The van der Waals surface area contributed by atoms with Crippen LogP contribution in [0.5, 0.6) is 0 Å². The molecule has 1 aliphatic rings. The minimum Gasteiger partial charge on any atom is -0.346 e. The summed E-state index contributed by atoms with van der Waals surface area (Å²) in [5.41, 5.74) is 2.17. The maximum absolute atomic E-state index is 13.4. The molecule has 0 amide bonds. The maximum Gasteiger partial charge on any atom is 0.225 e. The van der Waals surface area contributed by atoms with E-state index in [0.717, 1.165) is 5.69 Å². The number of hydrogen-bond acceptors (Lipinski definition) is 6. The van der Waals surface area contributed by atoms with E-state index in [9.17, 15) is 4.39 Å². The molecular formula is C18H19ClFN7. The first-order valence-corrected chi connectivity index (χ1v) is 9.12. The molecule has 0 saturated heterocycles. The summed E-state index contributed by atoms with van der Waals surface area (Å²) in [6.45, 7) is 3.53. The Balaban J connectivity index is 1.49. The molecule has 0 radical (unpaired) electrons. The third-order valence-corrected chi connectivity index (χ3v) is 4.71. The second-order valence-electron chi connectivity index (χ2n) is 6.67. The molecule has 3 aromatic rings. The average Bonchev–Trinajstić information content (AvgIpc) is 3.39. The lowest BCUT2D eigenvalue weighted by molar-refractivity contribution is 0.605. The van der Waals surface area contributed by atoms with Gasteiger partial charge in [-0.3, -0.25) is 10.1 Å². The highest BCUT2D eigenvalue weighted by Crippen LogP contribution is 2.39. The van der Waals surface area contributed by atoms with Gasteiger partial charge in [0.15, 0.2) is 11.6 Å². The van der Waals surface area contributed by atoms with Gasteiger partial charge in [0, 0.05) is 17.7 Å². The van der Waals surface area contributed by atoms with Crippen molar-refractivity contribution in [3.05, 3.63) is 52.3 Å². The number of aromatic amines is 1. The summed E-state index contributed by atoms with van der Waals surface area (Å²) in [6, 6.07) is 4.81. The van der Waals surface area contributed by atoms with Crippen LogP contribution in [0, 0.1) is 12.7 Å². The molecule has 3 N–H and O–H groups in total. The quantitative estimate of drug-likeness (QED) is 0.577. The van der Waals surface area contributed by atoms with E-state index in [0.29, 0.717) is 39.9 Å². The fraction of sp³-hybridized carbons (Fsp3) is 0.333. The molecule has 1 aliphatic carbocycles. The molecule has 4 rings (SSSR count). The van der Waals surface area contributed by atoms with Gasteiger partial charge in [-0.25, -0.2) is 9.37 Å². The highest BCUT2D eigenvalue weighted by atomic mass is 35.5. The van der Waals surface area contributed by atoms with Crippen molar-refractivity contribution in [1.82, 2.24) is 25.1 Å². The minimum atomic E-state index is -0.329. The largest absolute Gasteiger partial charge is 0.346 e. The van der Waals surface area contributed by atoms with E-state index in [1.165, 1.54) is 25.1 Å². The van der Waals surface area contributed by atoms with Crippen molar-refractivity contribution in [2.75, 3.05) is 10.6 Å². The second-order valence-corrected chi connectivity index (χ2v) is 7.07. The van der Waals surface area contributed by atoms with Crippen LogP contribution >= 0.6 is 11.6 Å². The number of hydrogen-bond donors (Lipinski definition) is 3. The highest BCUT2D eigenvalue weighted by molar-refractivity contribution is 6.32. The first kappa shape index (κ1) is 17.7. The van der Waals surface area contributed by atoms with Gasteiger partial charge in [-0.05, 0) is 38.8 Å². The Morgan fingerprint density at radius 1 is 1.30 bits per heavy atom. The van der Waals surface area contributed by atoms with Gasteiger partial charge < -0.3 is 10.6 Å². The van der Waals surface area contributed by atoms with Crippen molar-refractivity contribution in [1.29, 1.82) is 0 Å². The van der Waals surface area contributed by atoms with Gasteiger partial charge in [0.2, 0.25) is 5.95 Å². The Morgan fingerprint density at radius 2 is 2.11 bits per heavy atom. The van der Waals surface area contributed by atoms with Crippen LogP contribution in [0.25, 0.3) is 0 Å². The maximum atomic E-state index is 13.4. The monoisotopic (exact) mass is 387 g/mol. The topological polar surface area (TPSA) is 91.4 Å². The summed E-state index contributed by atoms with van der Waals surface area (Å²) in [5.74, 6) is 1.75. The van der Waals surface area contributed by atoms with Crippen molar-refractivity contribution >= 4 is 29.2 Å². The van der Waals surface area contributed by atoms with Gasteiger partial charge in [-0.2, -0.15) is 10.1 Å². The molecule has 9 heteroatoms. The Hall–Kier alpha value is -2.74. The van der Waals surface area contributed by atoms with Crippen LogP contribution in [-0.2, 0) is 0 Å². The molecule has 140 valence electrons. The Morgan fingerprint density at radius 3 is 2.85 bits per heavy atom. The fourth-order valence-corrected chi connectivity index (χ4v) is 2.86. The SMILES string of the molecule is Cc1nc(C(C)Nc2ncc(Cl)c(Nc3cc(C4CC4)[nH]n3)n2)ccc1F. The van der Waals surface area contributed by atoms with Gasteiger partial charge in [-0.1, -0.05) is 11.6 Å². The van der Waals surface area contributed by atoms with Crippen LogP contribution < -0.4 is 10.6 Å². The molecule has 1 unspecified atom stereocenters. The number of nitrogens with zero attached hydrogens (tertiary/aromatic N) is 4. The molecule has 1 atom stereocenters. The van der Waals surface area contributed by atoms with Crippen LogP contribution in [0.1, 0.15) is 48.8 Å². The van der Waals surface area contributed by atoms with Crippen LogP contribution in [0.15, 0.2) is 24.4 Å². The lowest BCUT2D eigenvalue weighted by Crippen LogP contribution is -2.12. The fourth-order valence-electron chi connectivity index (χ4n) is 2.72. The minimum absolute atomic E-state index is 0.204. The molecule has 0 aliphatic heterocycles. The van der Waals surface area contributed by atoms with Crippen molar-refractivity contribution in [3.8, 4) is 0 Å². The normalized spacial score (nSPS) is 14.8. The molecule has 3 aromatic heterocycles. The predicted molar refractivity (Wildman–Crippen MR) is 102 cm³/mol. The number of H-pyrrole nitrogens is 1. The number of rotatable bonds is 6. The van der Waals surface area contributed by atoms with Crippen molar-refractivity contribution in [2.24, 2.45) is 0 Å². The van der Waals surface area contributed by atoms with E-state index in [-0.39, 0.29) is 11.9 Å². The van der Waals surface area contributed by atoms with Crippen LogP contribution in [-0.4, -0.2) is 25.1 Å². The summed E-state index contributed by atoms with van der Waals surface area (Å²) in [7, 11) is 0. The van der Waals surface area contributed by atoms with Crippen LogP contribution in [0.4, 0.5) is 22.0 Å². The Kier molecular flexibility index (Phi) is 4.65. The van der Waals surface area contributed by atoms with E-state index in [1.807, 2.05) is 13.0 Å². The van der Waals surface area contributed by atoms with Gasteiger partial charge in [-0.15, -0.1) is 0 Å². The smallest absolute Gasteiger partial charge is 0.225 e. The molecule has 0 aromatic carbocycles. The third-order valence-electron chi connectivity index (χ3n) is 4.44. The molecule has 27 heavy (non-hydrogen) atoms. The zero-order chi connectivity index (χ0) is 19.0. The zero-order valence-electron chi connectivity index (χ0n) is 14.9.